The van der Waals surface area contributed by atoms with Gasteiger partial charge in [-0.25, -0.2) is 4.98 Å². The topological polar surface area (TPSA) is 27.1 Å². The van der Waals surface area contributed by atoms with Gasteiger partial charge in [0.2, 0.25) is 0 Å². The van der Waals surface area contributed by atoms with Gasteiger partial charge in [-0.1, -0.05) is 29.8 Å². The quantitative estimate of drug-likeness (QED) is 0.622. The highest BCUT2D eigenvalue weighted by Gasteiger charge is 2.29. The van der Waals surface area contributed by atoms with Crippen LogP contribution in [0.2, 0.25) is 5.02 Å². The molecule has 1 heterocycles. The fourth-order valence-corrected chi connectivity index (χ4v) is 2.48. The smallest absolute Gasteiger partial charge is 0.416 e. The predicted octanol–water partition coefficient (Wildman–Crippen LogP) is 5.18. The van der Waals surface area contributed by atoms with E-state index in [9.17, 15) is 13.2 Å². The van der Waals surface area contributed by atoms with Crippen molar-refractivity contribution in [2.24, 2.45) is 0 Å². The lowest BCUT2D eigenvalue weighted by Gasteiger charge is -2.13. The maximum absolute atomic E-state index is 12.6. The van der Waals surface area contributed by atoms with Crippen molar-refractivity contribution in [2.45, 2.75) is 19.3 Å². The van der Waals surface area contributed by atoms with Crippen molar-refractivity contribution in [3.63, 3.8) is 0 Å². The van der Waals surface area contributed by atoms with E-state index in [1.807, 2.05) is 16.8 Å². The third-order valence-corrected chi connectivity index (χ3v) is 3.85. The maximum atomic E-state index is 12.6. The Hall–Kier alpha value is -2.47. The van der Waals surface area contributed by atoms with E-state index in [1.54, 1.807) is 24.7 Å². The van der Waals surface area contributed by atoms with E-state index in [0.717, 1.165) is 17.7 Å². The zero-order valence-electron chi connectivity index (χ0n) is 13.0. The maximum Gasteiger partial charge on any atom is 0.416 e. The van der Waals surface area contributed by atoms with Gasteiger partial charge in [-0.05, 0) is 29.8 Å². The van der Waals surface area contributed by atoms with Crippen molar-refractivity contribution < 1.29 is 17.9 Å². The molecule has 0 aliphatic heterocycles. The summed E-state index contributed by atoms with van der Waals surface area (Å²) in [6, 6.07) is 10.2. The minimum Gasteiger partial charge on any atom is -0.488 e. The second-order valence-electron chi connectivity index (χ2n) is 5.47. The lowest BCUT2D eigenvalue weighted by molar-refractivity contribution is -0.137. The Morgan fingerprint density at radius 3 is 2.48 bits per heavy atom. The Morgan fingerprint density at radius 1 is 1.08 bits per heavy atom. The van der Waals surface area contributed by atoms with Crippen LogP contribution in [0.1, 0.15) is 16.7 Å². The van der Waals surface area contributed by atoms with E-state index < -0.39 is 11.7 Å². The van der Waals surface area contributed by atoms with Gasteiger partial charge >= 0.3 is 6.18 Å². The molecule has 0 atom stereocenters. The highest BCUT2D eigenvalue weighted by atomic mass is 35.5. The van der Waals surface area contributed by atoms with E-state index >= 15 is 0 Å². The van der Waals surface area contributed by atoms with Crippen LogP contribution in [0.15, 0.2) is 61.2 Å². The Kier molecular flexibility index (Phi) is 4.99. The number of ether oxygens (including phenoxy) is 1. The molecule has 0 unspecified atom stereocenters. The zero-order chi connectivity index (χ0) is 17.9. The molecule has 7 heteroatoms. The summed E-state index contributed by atoms with van der Waals surface area (Å²) in [5, 5.41) is 0.525. The fraction of sp³-hybridized carbons (Fsp3) is 0.167. The lowest BCUT2D eigenvalue weighted by Crippen LogP contribution is -2.05. The van der Waals surface area contributed by atoms with Crippen LogP contribution in [0, 0.1) is 0 Å². The summed E-state index contributed by atoms with van der Waals surface area (Å²) in [6.07, 6.45) is 0.853. The van der Waals surface area contributed by atoms with Gasteiger partial charge < -0.3 is 9.30 Å². The van der Waals surface area contributed by atoms with Gasteiger partial charge in [-0.3, -0.25) is 0 Å². The molecule has 3 nitrogen and oxygen atoms in total. The summed E-state index contributed by atoms with van der Waals surface area (Å²) >= 11 is 6.03. The van der Waals surface area contributed by atoms with Crippen molar-refractivity contribution in [1.29, 1.82) is 0 Å². The normalized spacial score (nSPS) is 11.5. The Morgan fingerprint density at radius 2 is 1.84 bits per heavy atom. The highest BCUT2D eigenvalue weighted by Crippen LogP contribution is 2.30. The summed E-state index contributed by atoms with van der Waals surface area (Å²) in [4.78, 5) is 3.99. The fourth-order valence-electron chi connectivity index (χ4n) is 2.32. The highest BCUT2D eigenvalue weighted by molar-refractivity contribution is 6.30. The summed E-state index contributed by atoms with van der Waals surface area (Å²) in [6.45, 7) is 0.703. The Bertz CT molecular complexity index is 831. The second kappa shape index (κ2) is 7.19. The van der Waals surface area contributed by atoms with Crippen LogP contribution in [0.3, 0.4) is 0 Å². The average molecular weight is 367 g/mol. The van der Waals surface area contributed by atoms with Gasteiger partial charge in [0.05, 0.1) is 18.4 Å². The number of benzene rings is 2. The third-order valence-electron chi connectivity index (χ3n) is 3.62. The Balaban J connectivity index is 1.73. The summed E-state index contributed by atoms with van der Waals surface area (Å²) in [5.41, 5.74) is 0.857. The van der Waals surface area contributed by atoms with E-state index in [4.69, 9.17) is 16.3 Å². The zero-order valence-corrected chi connectivity index (χ0v) is 13.8. The largest absolute Gasteiger partial charge is 0.488 e. The van der Waals surface area contributed by atoms with Gasteiger partial charge in [0.25, 0.3) is 0 Å². The molecule has 0 aliphatic carbocycles. The summed E-state index contributed by atoms with van der Waals surface area (Å²) < 4.78 is 45.4. The van der Waals surface area contributed by atoms with Crippen LogP contribution >= 0.6 is 11.6 Å². The van der Waals surface area contributed by atoms with Crippen molar-refractivity contribution in [3.8, 4) is 5.75 Å². The van der Waals surface area contributed by atoms with Gasteiger partial charge in [0, 0.05) is 23.0 Å². The number of hydrogen-bond donors (Lipinski definition) is 0. The van der Waals surface area contributed by atoms with Crippen molar-refractivity contribution in [3.05, 3.63) is 82.9 Å². The first kappa shape index (κ1) is 17.4. The van der Waals surface area contributed by atoms with Gasteiger partial charge in [-0.15, -0.1) is 0 Å². The summed E-state index contributed by atoms with van der Waals surface area (Å²) in [7, 11) is 0. The Labute approximate surface area is 147 Å². The molecule has 2 aromatic carbocycles. The van der Waals surface area contributed by atoms with Crippen molar-refractivity contribution in [2.75, 3.05) is 0 Å². The predicted molar refractivity (Wildman–Crippen MR) is 88.6 cm³/mol. The lowest BCUT2D eigenvalue weighted by atomic mass is 10.1. The first-order valence-corrected chi connectivity index (χ1v) is 7.83. The number of alkyl halides is 3. The van der Waals surface area contributed by atoms with Crippen molar-refractivity contribution >= 4 is 11.6 Å². The van der Waals surface area contributed by atoms with Crippen LogP contribution in [0.5, 0.6) is 5.75 Å². The van der Waals surface area contributed by atoms with E-state index in [-0.39, 0.29) is 6.61 Å². The SMILES string of the molecule is FC(F)(F)c1ccc(COc2cc(Cl)ccc2Cn2ccnc2)cc1. The molecule has 3 aromatic rings. The standard InChI is InChI=1S/C18H14ClF3N2O/c19-16-6-3-14(10-24-8-7-23-12-24)17(9-16)25-11-13-1-4-15(5-2-13)18(20,21)22/h1-9,12H,10-11H2. The monoisotopic (exact) mass is 366 g/mol. The minimum absolute atomic E-state index is 0.148. The van der Waals surface area contributed by atoms with Crippen molar-refractivity contribution in [1.82, 2.24) is 9.55 Å². The molecule has 0 fully saturated rings. The second-order valence-corrected chi connectivity index (χ2v) is 5.91. The number of rotatable bonds is 5. The number of nitrogens with zero attached hydrogens (tertiary/aromatic N) is 2. The van der Waals surface area contributed by atoms with Crippen LogP contribution in [-0.2, 0) is 19.3 Å². The van der Waals surface area contributed by atoms with Gasteiger partial charge in [-0.2, -0.15) is 13.2 Å². The van der Waals surface area contributed by atoms with Crippen LogP contribution in [-0.4, -0.2) is 9.55 Å². The number of hydrogen-bond acceptors (Lipinski definition) is 2. The number of halogens is 4. The molecule has 3 rings (SSSR count). The van der Waals surface area contributed by atoms with Gasteiger partial charge in [0.1, 0.15) is 12.4 Å². The molecule has 0 spiro atoms. The van der Waals surface area contributed by atoms with E-state index in [2.05, 4.69) is 4.98 Å². The molecular formula is C18H14ClF3N2O. The first-order chi connectivity index (χ1) is 11.9. The molecule has 0 N–H and O–H groups in total. The van der Waals surface area contributed by atoms with Crippen LogP contribution in [0.25, 0.3) is 0 Å². The third kappa shape index (κ3) is 4.54. The number of aromatic nitrogens is 2. The van der Waals surface area contributed by atoms with Crippen LogP contribution < -0.4 is 4.74 Å². The van der Waals surface area contributed by atoms with E-state index in [0.29, 0.717) is 22.9 Å². The molecule has 1 aromatic heterocycles. The molecule has 25 heavy (non-hydrogen) atoms. The minimum atomic E-state index is -4.34. The molecular weight excluding hydrogens is 353 g/mol. The molecule has 0 radical (unpaired) electrons. The summed E-state index contributed by atoms with van der Waals surface area (Å²) in [5.74, 6) is 0.584. The molecule has 0 saturated carbocycles. The van der Waals surface area contributed by atoms with E-state index in [1.165, 1.54) is 12.1 Å². The average Bonchev–Trinajstić information content (AvgIpc) is 3.08. The molecule has 0 amide bonds. The van der Waals surface area contributed by atoms with Crippen LogP contribution in [0.4, 0.5) is 13.2 Å². The first-order valence-electron chi connectivity index (χ1n) is 7.45. The molecule has 130 valence electrons. The number of imidazole rings is 1. The molecule has 0 bridgehead atoms. The molecule has 0 aliphatic rings. The molecule has 0 saturated heterocycles. The van der Waals surface area contributed by atoms with Gasteiger partial charge in [0.15, 0.2) is 0 Å².